The predicted octanol–water partition coefficient (Wildman–Crippen LogP) is 2.83. The Labute approximate surface area is 103 Å². The van der Waals surface area contributed by atoms with E-state index in [-0.39, 0.29) is 17.7 Å². The normalized spacial score (nSPS) is 16.3. The first-order chi connectivity index (χ1) is 7.66. The molecule has 4 heteroatoms. The van der Waals surface area contributed by atoms with Gasteiger partial charge in [0.15, 0.2) is 0 Å². The highest BCUT2D eigenvalue weighted by Crippen LogP contribution is 2.23. The number of halogens is 1. The zero-order valence-electron chi connectivity index (χ0n) is 8.87. The summed E-state index contributed by atoms with van der Waals surface area (Å²) in [5.41, 5.74) is 0.335. The van der Waals surface area contributed by atoms with Crippen molar-refractivity contribution in [2.75, 3.05) is 0 Å². The van der Waals surface area contributed by atoms with E-state index in [2.05, 4.69) is 21.2 Å². The number of phenolic OH excluding ortho intramolecular Hbond substituents is 1. The third kappa shape index (κ3) is 2.55. The van der Waals surface area contributed by atoms with Gasteiger partial charge < -0.3 is 10.4 Å². The van der Waals surface area contributed by atoms with Crippen LogP contribution in [0.15, 0.2) is 22.7 Å². The summed E-state index contributed by atoms with van der Waals surface area (Å²) in [5, 5.41) is 12.5. The van der Waals surface area contributed by atoms with Crippen LogP contribution in [0.25, 0.3) is 0 Å². The zero-order chi connectivity index (χ0) is 11.5. The Balaban J connectivity index is 2.10. The molecule has 16 heavy (non-hydrogen) atoms. The molecule has 0 atom stereocenters. The van der Waals surface area contributed by atoms with Crippen LogP contribution < -0.4 is 5.32 Å². The van der Waals surface area contributed by atoms with Gasteiger partial charge in [-0.05, 0) is 31.0 Å². The van der Waals surface area contributed by atoms with Crippen LogP contribution in [0.5, 0.6) is 5.75 Å². The summed E-state index contributed by atoms with van der Waals surface area (Å²) in [6.45, 7) is 0. The summed E-state index contributed by atoms with van der Waals surface area (Å²) >= 11 is 3.29. The van der Waals surface area contributed by atoms with Crippen molar-refractivity contribution in [3.63, 3.8) is 0 Å². The van der Waals surface area contributed by atoms with E-state index in [4.69, 9.17) is 0 Å². The molecular formula is C12H14BrNO2. The van der Waals surface area contributed by atoms with Gasteiger partial charge >= 0.3 is 0 Å². The molecule has 0 radical (unpaired) electrons. The Bertz CT molecular complexity index is 400. The first kappa shape index (κ1) is 11.5. The maximum atomic E-state index is 11.9. The molecule has 2 rings (SSSR count). The highest BCUT2D eigenvalue weighted by molar-refractivity contribution is 9.10. The van der Waals surface area contributed by atoms with Gasteiger partial charge in [0.1, 0.15) is 5.75 Å². The lowest BCUT2D eigenvalue weighted by Crippen LogP contribution is -2.32. The highest BCUT2D eigenvalue weighted by Gasteiger charge is 2.19. The van der Waals surface area contributed by atoms with E-state index in [9.17, 15) is 9.90 Å². The standard InChI is InChI=1S/C12H14BrNO2/c13-8-5-6-11(15)10(7-8)12(16)14-9-3-1-2-4-9/h5-7,9,15H,1-4H2,(H,14,16). The second-order valence-electron chi connectivity index (χ2n) is 4.12. The summed E-state index contributed by atoms with van der Waals surface area (Å²) in [6.07, 6.45) is 4.44. The SMILES string of the molecule is O=C(NC1CCCC1)c1cc(Br)ccc1O. The van der Waals surface area contributed by atoms with Gasteiger partial charge in [0, 0.05) is 10.5 Å². The van der Waals surface area contributed by atoms with Gasteiger partial charge in [-0.15, -0.1) is 0 Å². The smallest absolute Gasteiger partial charge is 0.255 e. The molecule has 0 aromatic heterocycles. The van der Waals surface area contributed by atoms with E-state index in [0.29, 0.717) is 5.56 Å². The molecule has 1 aliphatic rings. The second kappa shape index (κ2) is 4.87. The molecule has 1 aromatic carbocycles. The lowest BCUT2D eigenvalue weighted by Gasteiger charge is -2.12. The van der Waals surface area contributed by atoms with Crippen LogP contribution in [-0.2, 0) is 0 Å². The number of rotatable bonds is 2. The quantitative estimate of drug-likeness (QED) is 0.877. The van der Waals surface area contributed by atoms with Crippen LogP contribution in [0.1, 0.15) is 36.0 Å². The number of hydrogen-bond donors (Lipinski definition) is 2. The Morgan fingerprint density at radius 3 is 2.75 bits per heavy atom. The third-order valence-electron chi connectivity index (χ3n) is 2.89. The minimum Gasteiger partial charge on any atom is -0.507 e. The number of aromatic hydroxyl groups is 1. The van der Waals surface area contributed by atoms with Crippen LogP contribution >= 0.6 is 15.9 Å². The number of nitrogens with one attached hydrogen (secondary N) is 1. The lowest BCUT2D eigenvalue weighted by atomic mass is 10.1. The van der Waals surface area contributed by atoms with E-state index in [1.165, 1.54) is 18.9 Å². The number of carbonyl (C=O) groups is 1. The average molecular weight is 284 g/mol. The molecule has 1 fully saturated rings. The monoisotopic (exact) mass is 283 g/mol. The summed E-state index contributed by atoms with van der Waals surface area (Å²) in [7, 11) is 0. The van der Waals surface area contributed by atoms with Crippen molar-refractivity contribution in [3.05, 3.63) is 28.2 Å². The van der Waals surface area contributed by atoms with Gasteiger partial charge in [-0.1, -0.05) is 28.8 Å². The second-order valence-corrected chi connectivity index (χ2v) is 5.03. The molecule has 3 nitrogen and oxygen atoms in total. The maximum Gasteiger partial charge on any atom is 0.255 e. The topological polar surface area (TPSA) is 49.3 Å². The molecule has 0 unspecified atom stereocenters. The fraction of sp³-hybridized carbons (Fsp3) is 0.417. The van der Waals surface area contributed by atoms with E-state index in [1.54, 1.807) is 12.1 Å². The minimum atomic E-state index is -0.189. The van der Waals surface area contributed by atoms with Crippen molar-refractivity contribution in [3.8, 4) is 5.75 Å². The molecule has 0 saturated heterocycles. The average Bonchev–Trinajstić information content (AvgIpc) is 2.74. The van der Waals surface area contributed by atoms with Crippen LogP contribution in [0.2, 0.25) is 0 Å². The Hall–Kier alpha value is -1.03. The fourth-order valence-corrected chi connectivity index (χ4v) is 2.38. The molecule has 1 aromatic rings. The number of amides is 1. The minimum absolute atomic E-state index is 0.0266. The van der Waals surface area contributed by atoms with Crippen LogP contribution in [0.4, 0.5) is 0 Å². The summed E-state index contributed by atoms with van der Waals surface area (Å²) in [6, 6.07) is 5.14. The lowest BCUT2D eigenvalue weighted by molar-refractivity contribution is 0.0935. The van der Waals surface area contributed by atoms with Crippen molar-refractivity contribution in [2.24, 2.45) is 0 Å². The van der Waals surface area contributed by atoms with Gasteiger partial charge in [0.2, 0.25) is 0 Å². The number of hydrogen-bond acceptors (Lipinski definition) is 2. The molecule has 1 aliphatic carbocycles. The predicted molar refractivity (Wildman–Crippen MR) is 65.5 cm³/mol. The largest absolute Gasteiger partial charge is 0.507 e. The molecule has 86 valence electrons. The molecule has 0 aliphatic heterocycles. The van der Waals surface area contributed by atoms with Gasteiger partial charge in [-0.2, -0.15) is 0 Å². The first-order valence-electron chi connectivity index (χ1n) is 5.46. The fourth-order valence-electron chi connectivity index (χ4n) is 2.02. The van der Waals surface area contributed by atoms with Gasteiger partial charge in [-0.25, -0.2) is 0 Å². The molecule has 1 saturated carbocycles. The number of benzene rings is 1. The molecule has 0 spiro atoms. The highest BCUT2D eigenvalue weighted by atomic mass is 79.9. The number of carbonyl (C=O) groups excluding carboxylic acids is 1. The van der Waals surface area contributed by atoms with Gasteiger partial charge in [0.25, 0.3) is 5.91 Å². The number of phenols is 1. The summed E-state index contributed by atoms with van der Waals surface area (Å²) in [5.74, 6) is -0.163. The molecule has 1 amide bonds. The summed E-state index contributed by atoms with van der Waals surface area (Å²) < 4.78 is 0.793. The Morgan fingerprint density at radius 1 is 1.38 bits per heavy atom. The van der Waals surface area contributed by atoms with Crippen molar-refractivity contribution in [1.82, 2.24) is 5.32 Å². The van der Waals surface area contributed by atoms with Crippen LogP contribution in [0.3, 0.4) is 0 Å². The van der Waals surface area contributed by atoms with E-state index >= 15 is 0 Å². The van der Waals surface area contributed by atoms with Crippen molar-refractivity contribution in [2.45, 2.75) is 31.7 Å². The van der Waals surface area contributed by atoms with Crippen molar-refractivity contribution >= 4 is 21.8 Å². The Morgan fingerprint density at radius 2 is 2.06 bits per heavy atom. The maximum absolute atomic E-state index is 11.9. The molecule has 0 bridgehead atoms. The van der Waals surface area contributed by atoms with E-state index < -0.39 is 0 Å². The third-order valence-corrected chi connectivity index (χ3v) is 3.39. The first-order valence-corrected chi connectivity index (χ1v) is 6.25. The Kier molecular flexibility index (Phi) is 3.49. The van der Waals surface area contributed by atoms with E-state index in [1.807, 2.05) is 0 Å². The van der Waals surface area contributed by atoms with Crippen LogP contribution in [0, 0.1) is 0 Å². The molecule has 0 heterocycles. The van der Waals surface area contributed by atoms with Crippen molar-refractivity contribution in [1.29, 1.82) is 0 Å². The molecule has 2 N–H and O–H groups in total. The van der Waals surface area contributed by atoms with Crippen molar-refractivity contribution < 1.29 is 9.90 Å². The molecular weight excluding hydrogens is 270 g/mol. The summed E-state index contributed by atoms with van der Waals surface area (Å²) in [4.78, 5) is 11.9. The van der Waals surface area contributed by atoms with E-state index in [0.717, 1.165) is 17.3 Å². The van der Waals surface area contributed by atoms with Crippen LogP contribution in [-0.4, -0.2) is 17.1 Å². The zero-order valence-corrected chi connectivity index (χ0v) is 10.5. The van der Waals surface area contributed by atoms with Gasteiger partial charge in [0.05, 0.1) is 5.56 Å². The van der Waals surface area contributed by atoms with Gasteiger partial charge in [-0.3, -0.25) is 4.79 Å².